The summed E-state index contributed by atoms with van der Waals surface area (Å²) in [5, 5.41) is 1.87. The fourth-order valence-corrected chi connectivity index (χ4v) is 1.08. The Morgan fingerprint density at radius 2 is 1.11 bits per heavy atom. The maximum absolute atomic E-state index is 11.8. The third kappa shape index (κ3) is 5.46. The van der Waals surface area contributed by atoms with Crippen molar-refractivity contribution in [3.8, 4) is 0 Å². The number of carbonyl (C=O) groups is 2. The second-order valence-electron chi connectivity index (χ2n) is 3.71. The van der Waals surface area contributed by atoms with E-state index in [4.69, 9.17) is 9.68 Å². The van der Waals surface area contributed by atoms with Gasteiger partial charge in [0.15, 0.2) is 0 Å². The zero-order valence-corrected chi connectivity index (χ0v) is 11.8. The zero-order valence-electron chi connectivity index (χ0n) is 11.8. The molecule has 0 fully saturated rings. The van der Waals surface area contributed by atoms with Gasteiger partial charge < -0.3 is 0 Å². The van der Waals surface area contributed by atoms with Gasteiger partial charge in [0.25, 0.3) is 11.8 Å². The van der Waals surface area contributed by atoms with Crippen LogP contribution >= 0.6 is 0 Å². The van der Waals surface area contributed by atoms with Gasteiger partial charge in [-0.05, 0) is 12.8 Å². The van der Waals surface area contributed by atoms with E-state index in [1.807, 2.05) is 13.8 Å². The van der Waals surface area contributed by atoms with Crippen molar-refractivity contribution in [1.82, 2.24) is 10.3 Å². The molecule has 2 amide bonds. The third-order valence-corrected chi connectivity index (χ3v) is 2.03. The van der Waals surface area contributed by atoms with Crippen molar-refractivity contribution in [3.05, 3.63) is 0 Å². The molecule has 6 nitrogen and oxygen atoms in total. The van der Waals surface area contributed by atoms with Gasteiger partial charge >= 0.3 is 0 Å². The Labute approximate surface area is 109 Å². The average molecular weight is 260 g/mol. The first-order valence-electron chi connectivity index (χ1n) is 6.53. The van der Waals surface area contributed by atoms with Gasteiger partial charge in [-0.3, -0.25) is 9.59 Å². The molecule has 0 bridgehead atoms. The first-order chi connectivity index (χ1) is 8.62. The number of rotatable bonds is 8. The SMILES string of the molecule is CCCON(C(=O)CC)N(OCCC)C(=O)CC. The molecule has 0 radical (unpaired) electrons. The molecule has 0 saturated heterocycles. The molecule has 18 heavy (non-hydrogen) atoms. The van der Waals surface area contributed by atoms with Gasteiger partial charge in [0.1, 0.15) is 0 Å². The minimum absolute atomic E-state index is 0.243. The van der Waals surface area contributed by atoms with Crippen molar-refractivity contribution < 1.29 is 19.3 Å². The van der Waals surface area contributed by atoms with E-state index in [9.17, 15) is 9.59 Å². The summed E-state index contributed by atoms with van der Waals surface area (Å²) in [6.45, 7) is 7.97. The van der Waals surface area contributed by atoms with Gasteiger partial charge in [-0.2, -0.15) is 0 Å². The molecule has 0 unspecified atom stereocenters. The lowest BCUT2D eigenvalue weighted by molar-refractivity contribution is -0.363. The Hall–Kier alpha value is -1.14. The molecular formula is C12H24N2O4. The molecule has 0 spiro atoms. The summed E-state index contributed by atoms with van der Waals surface area (Å²) < 4.78 is 0. The number of amides is 2. The van der Waals surface area contributed by atoms with Gasteiger partial charge in [-0.25, -0.2) is 9.68 Å². The van der Waals surface area contributed by atoms with Crippen LogP contribution in [0.3, 0.4) is 0 Å². The summed E-state index contributed by atoms with van der Waals surface area (Å²) in [5.74, 6) is -0.609. The van der Waals surface area contributed by atoms with Crippen LogP contribution in [0.2, 0.25) is 0 Å². The highest BCUT2D eigenvalue weighted by Gasteiger charge is 2.26. The highest BCUT2D eigenvalue weighted by molar-refractivity contribution is 5.80. The third-order valence-electron chi connectivity index (χ3n) is 2.03. The topological polar surface area (TPSA) is 59.1 Å². The summed E-state index contributed by atoms with van der Waals surface area (Å²) in [7, 11) is 0. The van der Waals surface area contributed by atoms with Gasteiger partial charge in [0.05, 0.1) is 13.2 Å². The Balaban J connectivity index is 4.81. The van der Waals surface area contributed by atoms with Gasteiger partial charge in [-0.1, -0.05) is 38.0 Å². The Kier molecular flexibility index (Phi) is 9.22. The van der Waals surface area contributed by atoms with Gasteiger partial charge in [0, 0.05) is 12.8 Å². The fraction of sp³-hybridized carbons (Fsp3) is 0.833. The van der Waals surface area contributed by atoms with Crippen LogP contribution in [-0.2, 0) is 19.3 Å². The molecule has 0 heterocycles. The minimum atomic E-state index is -0.304. The van der Waals surface area contributed by atoms with Crippen LogP contribution in [0, 0.1) is 0 Å². The molecular weight excluding hydrogens is 236 g/mol. The second kappa shape index (κ2) is 9.85. The van der Waals surface area contributed by atoms with Crippen molar-refractivity contribution in [2.45, 2.75) is 53.4 Å². The maximum Gasteiger partial charge on any atom is 0.269 e. The Bertz CT molecular complexity index is 232. The molecule has 0 atom stereocenters. The average Bonchev–Trinajstić information content (AvgIpc) is 2.40. The summed E-state index contributed by atoms with van der Waals surface area (Å²) in [5.41, 5.74) is 0. The molecule has 0 N–H and O–H groups in total. The molecule has 0 aliphatic carbocycles. The molecule has 0 aromatic carbocycles. The van der Waals surface area contributed by atoms with Crippen LogP contribution in [0.5, 0.6) is 0 Å². The second-order valence-corrected chi connectivity index (χ2v) is 3.71. The molecule has 0 aliphatic heterocycles. The quantitative estimate of drug-likeness (QED) is 0.627. The predicted octanol–water partition coefficient (Wildman–Crippen LogP) is 2.06. The highest BCUT2D eigenvalue weighted by Crippen LogP contribution is 2.08. The Morgan fingerprint density at radius 1 is 0.778 bits per heavy atom. The van der Waals surface area contributed by atoms with Gasteiger partial charge in [0.2, 0.25) is 0 Å². The molecule has 0 rings (SSSR count). The molecule has 6 heteroatoms. The van der Waals surface area contributed by atoms with Crippen molar-refractivity contribution in [3.63, 3.8) is 0 Å². The van der Waals surface area contributed by atoms with Crippen molar-refractivity contribution >= 4 is 11.8 Å². The van der Waals surface area contributed by atoms with Crippen molar-refractivity contribution in [1.29, 1.82) is 0 Å². The van der Waals surface area contributed by atoms with E-state index in [0.29, 0.717) is 13.2 Å². The van der Waals surface area contributed by atoms with Crippen LogP contribution in [0.15, 0.2) is 0 Å². The number of hydrazine groups is 1. The lowest BCUT2D eigenvalue weighted by Crippen LogP contribution is -2.49. The van der Waals surface area contributed by atoms with Crippen LogP contribution in [0.1, 0.15) is 53.4 Å². The summed E-state index contributed by atoms with van der Waals surface area (Å²) in [6.07, 6.45) is 1.98. The maximum atomic E-state index is 11.8. The minimum Gasteiger partial charge on any atom is -0.270 e. The normalized spacial score (nSPS) is 10.2. The molecule has 0 aromatic heterocycles. The van der Waals surface area contributed by atoms with E-state index in [1.54, 1.807) is 13.8 Å². The van der Waals surface area contributed by atoms with E-state index in [-0.39, 0.29) is 24.7 Å². The fourth-order valence-electron chi connectivity index (χ4n) is 1.08. The summed E-state index contributed by atoms with van der Waals surface area (Å²) >= 11 is 0. The number of nitrogens with zero attached hydrogens (tertiary/aromatic N) is 2. The van der Waals surface area contributed by atoms with Crippen molar-refractivity contribution in [2.75, 3.05) is 13.2 Å². The number of carbonyl (C=O) groups excluding carboxylic acids is 2. The van der Waals surface area contributed by atoms with E-state index in [2.05, 4.69) is 0 Å². The molecule has 0 aromatic rings. The number of hydrogen-bond acceptors (Lipinski definition) is 4. The Morgan fingerprint density at radius 3 is 1.33 bits per heavy atom. The lowest BCUT2D eigenvalue weighted by atomic mass is 10.4. The summed E-state index contributed by atoms with van der Waals surface area (Å²) in [6, 6.07) is 0. The van der Waals surface area contributed by atoms with Gasteiger partial charge in [-0.15, -0.1) is 0 Å². The van der Waals surface area contributed by atoms with E-state index in [0.717, 1.165) is 23.2 Å². The zero-order chi connectivity index (χ0) is 14.0. The summed E-state index contributed by atoms with van der Waals surface area (Å²) in [4.78, 5) is 34.1. The smallest absolute Gasteiger partial charge is 0.269 e. The van der Waals surface area contributed by atoms with Crippen LogP contribution in [0.4, 0.5) is 0 Å². The van der Waals surface area contributed by atoms with Crippen molar-refractivity contribution in [2.24, 2.45) is 0 Å². The molecule has 0 aliphatic rings. The first-order valence-corrected chi connectivity index (χ1v) is 6.53. The largest absolute Gasteiger partial charge is 0.270 e. The van der Waals surface area contributed by atoms with E-state index >= 15 is 0 Å². The highest BCUT2D eigenvalue weighted by atomic mass is 16.8. The van der Waals surface area contributed by atoms with Crippen LogP contribution < -0.4 is 0 Å². The van der Waals surface area contributed by atoms with E-state index < -0.39 is 0 Å². The number of hydroxylamine groups is 2. The van der Waals surface area contributed by atoms with Crippen LogP contribution in [0.25, 0.3) is 0 Å². The van der Waals surface area contributed by atoms with Crippen LogP contribution in [-0.4, -0.2) is 35.4 Å². The standard InChI is InChI=1S/C12H24N2O4/c1-5-9-17-13(11(15)7-3)14(12(16)8-4)18-10-6-2/h5-10H2,1-4H3. The first kappa shape index (κ1) is 16.9. The number of hydrogen-bond donors (Lipinski definition) is 0. The molecule has 0 saturated carbocycles. The monoisotopic (exact) mass is 260 g/mol. The van der Waals surface area contributed by atoms with E-state index in [1.165, 1.54) is 0 Å². The predicted molar refractivity (Wildman–Crippen MR) is 66.8 cm³/mol. The molecule has 106 valence electrons. The lowest BCUT2D eigenvalue weighted by Gasteiger charge is -2.31.